The van der Waals surface area contributed by atoms with E-state index in [2.05, 4.69) is 60.1 Å². The smallest absolute Gasteiger partial charge is 0.123 e. The van der Waals surface area contributed by atoms with Gasteiger partial charge in [0.25, 0.3) is 0 Å². The Hall–Kier alpha value is -0.170. The van der Waals surface area contributed by atoms with Crippen LogP contribution >= 0.6 is 43.2 Å². The molecule has 6 heteroatoms. The summed E-state index contributed by atoms with van der Waals surface area (Å²) in [5, 5.41) is 3.50. The number of hydrogen-bond acceptors (Lipinski definition) is 3. The molecule has 0 amide bonds. The molecule has 1 atom stereocenters. The van der Waals surface area contributed by atoms with Crippen molar-refractivity contribution < 1.29 is 0 Å². The number of rotatable bonds is 5. The van der Waals surface area contributed by atoms with Gasteiger partial charge >= 0.3 is 0 Å². The Balaban J connectivity index is 1.97. The SMILES string of the molecule is CCC(NCc1cc(Br)c(Br)s1)c1ncc[nH]1. The van der Waals surface area contributed by atoms with Gasteiger partial charge in [0, 0.05) is 28.3 Å². The summed E-state index contributed by atoms with van der Waals surface area (Å²) in [5.41, 5.74) is 0. The van der Waals surface area contributed by atoms with Crippen LogP contribution in [0.5, 0.6) is 0 Å². The van der Waals surface area contributed by atoms with Crippen LogP contribution in [0.3, 0.4) is 0 Å². The number of halogens is 2. The van der Waals surface area contributed by atoms with E-state index in [4.69, 9.17) is 0 Å². The summed E-state index contributed by atoms with van der Waals surface area (Å²) in [5.74, 6) is 1.00. The third-order valence-corrected chi connectivity index (χ3v) is 5.73. The topological polar surface area (TPSA) is 40.7 Å². The first-order valence-electron chi connectivity index (χ1n) is 5.37. The zero-order valence-electron chi connectivity index (χ0n) is 9.34. The molecule has 0 fully saturated rings. The summed E-state index contributed by atoms with van der Waals surface area (Å²) in [6.45, 7) is 3.01. The highest BCUT2D eigenvalue weighted by Gasteiger charge is 2.12. The molecular weight excluding hydrogens is 366 g/mol. The van der Waals surface area contributed by atoms with E-state index in [1.165, 1.54) is 4.88 Å². The highest BCUT2D eigenvalue weighted by molar-refractivity contribution is 9.13. The highest BCUT2D eigenvalue weighted by atomic mass is 79.9. The third kappa shape index (κ3) is 3.40. The van der Waals surface area contributed by atoms with Crippen LogP contribution in [0.15, 0.2) is 26.7 Å². The quantitative estimate of drug-likeness (QED) is 0.816. The summed E-state index contributed by atoms with van der Waals surface area (Å²) < 4.78 is 2.26. The zero-order valence-corrected chi connectivity index (χ0v) is 13.3. The molecule has 0 aliphatic rings. The van der Waals surface area contributed by atoms with E-state index >= 15 is 0 Å². The second kappa shape index (κ2) is 6.13. The van der Waals surface area contributed by atoms with Gasteiger partial charge in [-0.05, 0) is 44.3 Å². The Morgan fingerprint density at radius 2 is 2.35 bits per heavy atom. The molecule has 17 heavy (non-hydrogen) atoms. The number of aromatic nitrogens is 2. The van der Waals surface area contributed by atoms with Gasteiger partial charge in [0.15, 0.2) is 0 Å². The molecule has 0 spiro atoms. The lowest BCUT2D eigenvalue weighted by atomic mass is 10.2. The molecule has 2 aromatic rings. The van der Waals surface area contributed by atoms with Crippen LogP contribution in [-0.4, -0.2) is 9.97 Å². The molecular formula is C11H13Br2N3S. The van der Waals surface area contributed by atoms with Crippen molar-refractivity contribution in [2.24, 2.45) is 0 Å². The van der Waals surface area contributed by atoms with Crippen molar-refractivity contribution in [1.82, 2.24) is 15.3 Å². The van der Waals surface area contributed by atoms with Crippen LogP contribution in [0, 0.1) is 0 Å². The van der Waals surface area contributed by atoms with E-state index in [1.54, 1.807) is 17.5 Å². The van der Waals surface area contributed by atoms with Gasteiger partial charge in [0.05, 0.1) is 9.83 Å². The van der Waals surface area contributed by atoms with Crippen LogP contribution in [-0.2, 0) is 6.54 Å². The Labute approximate surface area is 121 Å². The molecule has 2 aromatic heterocycles. The van der Waals surface area contributed by atoms with Crippen molar-refractivity contribution in [3.05, 3.63) is 37.4 Å². The normalized spacial score (nSPS) is 12.9. The minimum Gasteiger partial charge on any atom is -0.347 e. The fraction of sp³-hybridized carbons (Fsp3) is 0.364. The van der Waals surface area contributed by atoms with Crippen molar-refractivity contribution in [3.8, 4) is 0 Å². The largest absolute Gasteiger partial charge is 0.347 e. The number of nitrogens with zero attached hydrogens (tertiary/aromatic N) is 1. The molecule has 0 bridgehead atoms. The molecule has 1 unspecified atom stereocenters. The molecule has 2 heterocycles. The van der Waals surface area contributed by atoms with Gasteiger partial charge in [0.2, 0.25) is 0 Å². The van der Waals surface area contributed by atoms with Gasteiger partial charge in [-0.25, -0.2) is 4.98 Å². The molecule has 2 rings (SSSR count). The number of nitrogens with one attached hydrogen (secondary N) is 2. The Morgan fingerprint density at radius 1 is 1.53 bits per heavy atom. The number of H-pyrrole nitrogens is 1. The summed E-state index contributed by atoms with van der Waals surface area (Å²) in [6.07, 6.45) is 4.66. The maximum Gasteiger partial charge on any atom is 0.123 e. The molecule has 0 radical (unpaired) electrons. The molecule has 0 aromatic carbocycles. The first kappa shape index (κ1) is 13.3. The first-order chi connectivity index (χ1) is 8.20. The standard InChI is InChI=1S/C11H13Br2N3S/c1-2-9(11-14-3-4-15-11)16-6-7-5-8(12)10(13)17-7/h3-5,9,16H,2,6H2,1H3,(H,14,15). The highest BCUT2D eigenvalue weighted by Crippen LogP contribution is 2.32. The van der Waals surface area contributed by atoms with Crippen LogP contribution in [0.4, 0.5) is 0 Å². The van der Waals surface area contributed by atoms with E-state index in [9.17, 15) is 0 Å². The molecule has 2 N–H and O–H groups in total. The molecule has 92 valence electrons. The second-order valence-electron chi connectivity index (χ2n) is 3.65. The molecule has 0 aliphatic carbocycles. The van der Waals surface area contributed by atoms with Gasteiger partial charge < -0.3 is 10.3 Å². The lowest BCUT2D eigenvalue weighted by molar-refractivity contribution is 0.500. The predicted octanol–water partition coefficient (Wildman–Crippen LogP) is 4.24. The average molecular weight is 379 g/mol. The van der Waals surface area contributed by atoms with Crippen molar-refractivity contribution >= 4 is 43.2 Å². The minimum atomic E-state index is 0.282. The second-order valence-corrected chi connectivity index (χ2v) is 6.96. The molecule has 3 nitrogen and oxygen atoms in total. The third-order valence-electron chi connectivity index (χ3n) is 2.48. The van der Waals surface area contributed by atoms with Gasteiger partial charge in [-0.3, -0.25) is 0 Å². The van der Waals surface area contributed by atoms with Gasteiger partial charge in [-0.15, -0.1) is 11.3 Å². The minimum absolute atomic E-state index is 0.282. The summed E-state index contributed by atoms with van der Waals surface area (Å²) >= 11 is 8.74. The van der Waals surface area contributed by atoms with Crippen LogP contribution in [0.25, 0.3) is 0 Å². The van der Waals surface area contributed by atoms with Crippen molar-refractivity contribution in [2.45, 2.75) is 25.9 Å². The zero-order chi connectivity index (χ0) is 12.3. The maximum atomic E-state index is 4.29. The Bertz CT molecular complexity index is 448. The van der Waals surface area contributed by atoms with Crippen LogP contribution < -0.4 is 5.32 Å². The fourth-order valence-electron chi connectivity index (χ4n) is 1.60. The van der Waals surface area contributed by atoms with E-state index < -0.39 is 0 Å². The Morgan fingerprint density at radius 3 is 2.88 bits per heavy atom. The van der Waals surface area contributed by atoms with Crippen LogP contribution in [0.2, 0.25) is 0 Å². The van der Waals surface area contributed by atoms with Crippen LogP contribution in [0.1, 0.15) is 30.1 Å². The first-order valence-corrected chi connectivity index (χ1v) is 7.77. The monoisotopic (exact) mass is 377 g/mol. The number of aromatic amines is 1. The summed E-state index contributed by atoms with van der Waals surface area (Å²) in [6, 6.07) is 2.42. The van der Waals surface area contributed by atoms with E-state index in [1.807, 2.05) is 6.20 Å². The van der Waals surface area contributed by atoms with Gasteiger partial charge in [0.1, 0.15) is 5.82 Å². The van der Waals surface area contributed by atoms with E-state index in [0.29, 0.717) is 0 Å². The Kier molecular flexibility index (Phi) is 4.78. The molecule has 0 saturated heterocycles. The summed E-state index contributed by atoms with van der Waals surface area (Å²) in [4.78, 5) is 8.74. The number of hydrogen-bond donors (Lipinski definition) is 2. The van der Waals surface area contributed by atoms with Crippen molar-refractivity contribution in [3.63, 3.8) is 0 Å². The fourth-order valence-corrected chi connectivity index (χ4v) is 3.73. The number of imidazole rings is 1. The van der Waals surface area contributed by atoms with Gasteiger partial charge in [-0.1, -0.05) is 6.92 Å². The van der Waals surface area contributed by atoms with Gasteiger partial charge in [-0.2, -0.15) is 0 Å². The lowest BCUT2D eigenvalue weighted by Crippen LogP contribution is -2.20. The number of thiophene rings is 1. The lowest BCUT2D eigenvalue weighted by Gasteiger charge is -2.13. The van der Waals surface area contributed by atoms with E-state index in [-0.39, 0.29) is 6.04 Å². The van der Waals surface area contributed by atoms with Crippen molar-refractivity contribution in [1.29, 1.82) is 0 Å². The van der Waals surface area contributed by atoms with E-state index in [0.717, 1.165) is 27.0 Å². The van der Waals surface area contributed by atoms with Crippen molar-refractivity contribution in [2.75, 3.05) is 0 Å². The average Bonchev–Trinajstić information content (AvgIpc) is 2.92. The molecule has 0 aliphatic heterocycles. The molecule has 0 saturated carbocycles. The maximum absolute atomic E-state index is 4.29. The predicted molar refractivity (Wildman–Crippen MR) is 78.2 cm³/mol. The summed E-state index contributed by atoms with van der Waals surface area (Å²) in [7, 11) is 0.